The number of ether oxygens (including phenoxy) is 1. The number of aryl methyl sites for hydroxylation is 1. The fourth-order valence-corrected chi connectivity index (χ4v) is 6.34. The van der Waals surface area contributed by atoms with Gasteiger partial charge in [-0.1, -0.05) is 6.07 Å². The van der Waals surface area contributed by atoms with Crippen molar-refractivity contribution >= 4 is 39.0 Å². The minimum absolute atomic E-state index is 0.0801. The van der Waals surface area contributed by atoms with Crippen molar-refractivity contribution in [2.45, 2.75) is 44.3 Å². The predicted octanol–water partition coefficient (Wildman–Crippen LogP) is 2.72. The second-order valence-electron chi connectivity index (χ2n) is 9.24. The highest BCUT2D eigenvalue weighted by molar-refractivity contribution is 7.21. The van der Waals surface area contributed by atoms with Gasteiger partial charge in [0.25, 0.3) is 5.91 Å². The molecule has 2 bridgehead atoms. The normalized spacial score (nSPS) is 23.8. The first-order valence-electron chi connectivity index (χ1n) is 11.6. The van der Waals surface area contributed by atoms with Gasteiger partial charge in [0.05, 0.1) is 17.4 Å². The number of hydrogen-bond donors (Lipinski definition) is 3. The molecule has 172 valence electrons. The number of aromatic nitrogens is 2. The summed E-state index contributed by atoms with van der Waals surface area (Å²) in [5.74, 6) is 0.817. The van der Waals surface area contributed by atoms with Crippen LogP contribution in [-0.2, 0) is 6.42 Å². The number of nitrogens with zero attached hydrogens (tertiary/aromatic N) is 3. The maximum absolute atomic E-state index is 13.1. The number of hydrogen-bond acceptors (Lipinski definition) is 8. The lowest BCUT2D eigenvalue weighted by molar-refractivity contribution is 0.0920. The first-order valence-corrected chi connectivity index (χ1v) is 12.4. The number of amides is 1. The second kappa shape index (κ2) is 8.14. The van der Waals surface area contributed by atoms with Crippen molar-refractivity contribution in [1.29, 1.82) is 0 Å². The largest absolute Gasteiger partial charge is 0.491 e. The van der Waals surface area contributed by atoms with Crippen LogP contribution in [0.1, 0.15) is 33.8 Å². The summed E-state index contributed by atoms with van der Waals surface area (Å²) in [6.45, 7) is 4.48. The number of carbonyl (C=O) groups is 1. The molecule has 2 fully saturated rings. The van der Waals surface area contributed by atoms with E-state index < -0.39 is 0 Å². The molecule has 3 N–H and O–H groups in total. The van der Waals surface area contributed by atoms with E-state index in [0.29, 0.717) is 23.6 Å². The third-order valence-corrected chi connectivity index (χ3v) is 7.93. The number of rotatable bonds is 4. The highest BCUT2D eigenvalue weighted by atomic mass is 32.1. The molecule has 0 spiro atoms. The molecule has 1 aromatic carbocycles. The Morgan fingerprint density at radius 3 is 2.88 bits per heavy atom. The summed E-state index contributed by atoms with van der Waals surface area (Å²) in [5.41, 5.74) is 4.67. The van der Waals surface area contributed by atoms with E-state index in [1.54, 1.807) is 13.2 Å². The molecule has 8 nitrogen and oxygen atoms in total. The van der Waals surface area contributed by atoms with Crippen LogP contribution >= 0.6 is 11.3 Å². The van der Waals surface area contributed by atoms with Crippen LogP contribution in [0.4, 0.5) is 11.4 Å². The first kappa shape index (κ1) is 20.7. The fourth-order valence-electron chi connectivity index (χ4n) is 5.25. The third-order valence-electron chi connectivity index (χ3n) is 6.85. The summed E-state index contributed by atoms with van der Waals surface area (Å²) in [6.07, 6.45) is 5.02. The molecule has 3 aliphatic heterocycles. The van der Waals surface area contributed by atoms with Gasteiger partial charge in [-0.05, 0) is 37.8 Å². The third kappa shape index (κ3) is 3.79. The van der Waals surface area contributed by atoms with Crippen molar-refractivity contribution in [2.24, 2.45) is 0 Å². The smallest absolute Gasteiger partial charge is 0.263 e. The lowest BCUT2D eigenvalue weighted by atomic mass is 10.0. The van der Waals surface area contributed by atoms with Crippen LogP contribution in [0, 0.1) is 6.92 Å². The van der Waals surface area contributed by atoms with Crippen LogP contribution < -0.4 is 25.6 Å². The molecule has 9 heteroatoms. The molecule has 2 aromatic heterocycles. The highest BCUT2D eigenvalue weighted by Crippen LogP contribution is 2.35. The van der Waals surface area contributed by atoms with Crippen molar-refractivity contribution in [2.75, 3.05) is 37.0 Å². The van der Waals surface area contributed by atoms with Crippen molar-refractivity contribution in [3.63, 3.8) is 0 Å². The van der Waals surface area contributed by atoms with E-state index in [1.165, 1.54) is 29.9 Å². The van der Waals surface area contributed by atoms with Gasteiger partial charge in [0.1, 0.15) is 27.6 Å². The molecular weight excluding hydrogens is 436 g/mol. The Bertz CT molecular complexity index is 1220. The molecule has 6 rings (SSSR count). The van der Waals surface area contributed by atoms with Gasteiger partial charge >= 0.3 is 0 Å². The van der Waals surface area contributed by atoms with Crippen LogP contribution in [0.2, 0.25) is 0 Å². The summed E-state index contributed by atoms with van der Waals surface area (Å²) in [5, 5.41) is 9.97. The number of piperazine rings is 1. The highest BCUT2D eigenvalue weighted by Gasteiger charge is 2.33. The zero-order chi connectivity index (χ0) is 22.5. The Hall–Kier alpha value is -2.91. The van der Waals surface area contributed by atoms with Gasteiger partial charge in [-0.15, -0.1) is 11.3 Å². The quantitative estimate of drug-likeness (QED) is 0.547. The second-order valence-corrected chi connectivity index (χ2v) is 10.2. The van der Waals surface area contributed by atoms with Crippen molar-refractivity contribution in [3.8, 4) is 5.75 Å². The zero-order valence-electron chi connectivity index (χ0n) is 18.9. The van der Waals surface area contributed by atoms with Gasteiger partial charge in [0.2, 0.25) is 0 Å². The van der Waals surface area contributed by atoms with E-state index in [2.05, 4.69) is 49.0 Å². The lowest BCUT2D eigenvalue weighted by Gasteiger charge is -2.35. The molecule has 3 aromatic rings. The van der Waals surface area contributed by atoms with Crippen LogP contribution in [0.3, 0.4) is 0 Å². The molecule has 3 atom stereocenters. The van der Waals surface area contributed by atoms with Crippen molar-refractivity contribution < 1.29 is 9.53 Å². The van der Waals surface area contributed by atoms with E-state index in [1.807, 2.05) is 6.92 Å². The van der Waals surface area contributed by atoms with E-state index >= 15 is 0 Å². The molecule has 2 unspecified atom stereocenters. The zero-order valence-corrected chi connectivity index (χ0v) is 19.7. The average molecular weight is 465 g/mol. The van der Waals surface area contributed by atoms with Gasteiger partial charge in [-0.3, -0.25) is 4.79 Å². The standard InChI is InChI=1S/C24H28N6O2S/c1-13-9-26-21-20(25-2)22(33-24(21)27-13)23(31)29-17-7-14-3-6-18(8-19(14)32-12-17)30-10-15-4-5-16(11-30)28-15/h3,6,8-9,15-17,25,28H,4-5,7,10-12H2,1-2H3,(H,29,31)/t15?,16?,17-/m0/s1. The number of anilines is 2. The van der Waals surface area contributed by atoms with Crippen molar-refractivity contribution in [3.05, 3.63) is 40.5 Å². The van der Waals surface area contributed by atoms with Gasteiger partial charge in [-0.2, -0.15) is 0 Å². The van der Waals surface area contributed by atoms with Gasteiger partial charge in [0.15, 0.2) is 0 Å². The number of nitrogens with one attached hydrogen (secondary N) is 3. The van der Waals surface area contributed by atoms with Gasteiger partial charge in [-0.25, -0.2) is 9.97 Å². The lowest BCUT2D eigenvalue weighted by Crippen LogP contribution is -2.51. The Balaban J connectivity index is 1.17. The van der Waals surface area contributed by atoms with E-state index in [9.17, 15) is 4.79 Å². The predicted molar refractivity (Wildman–Crippen MR) is 131 cm³/mol. The molecule has 0 saturated carbocycles. The molecule has 33 heavy (non-hydrogen) atoms. The van der Waals surface area contributed by atoms with Gasteiger partial charge < -0.3 is 25.6 Å². The minimum atomic E-state index is -0.119. The SMILES string of the molecule is CNc1c(C(=O)N[C@@H]2COc3cc(N4CC5CCC(C4)N5)ccc3C2)sc2nc(C)cnc12. The Labute approximate surface area is 196 Å². The minimum Gasteiger partial charge on any atom is -0.491 e. The molecule has 5 heterocycles. The summed E-state index contributed by atoms with van der Waals surface area (Å²) in [7, 11) is 1.81. The molecule has 2 saturated heterocycles. The van der Waals surface area contributed by atoms with Gasteiger partial charge in [0, 0.05) is 50.2 Å². The van der Waals surface area contributed by atoms with Crippen LogP contribution in [0.15, 0.2) is 24.4 Å². The summed E-state index contributed by atoms with van der Waals surface area (Å²) in [4.78, 5) is 26.0. The molecule has 0 aliphatic carbocycles. The fraction of sp³-hybridized carbons (Fsp3) is 0.458. The molecule has 1 amide bonds. The van der Waals surface area contributed by atoms with Crippen LogP contribution in [-0.4, -0.2) is 60.7 Å². The Morgan fingerprint density at radius 1 is 1.27 bits per heavy atom. The Morgan fingerprint density at radius 2 is 2.09 bits per heavy atom. The van der Waals surface area contributed by atoms with E-state index in [4.69, 9.17) is 4.74 Å². The molecule has 0 radical (unpaired) electrons. The van der Waals surface area contributed by atoms with E-state index in [-0.39, 0.29) is 11.9 Å². The summed E-state index contributed by atoms with van der Waals surface area (Å²) < 4.78 is 6.11. The molecular formula is C24H28N6O2S. The number of carbonyl (C=O) groups excluding carboxylic acids is 1. The molecule has 3 aliphatic rings. The van der Waals surface area contributed by atoms with E-state index in [0.717, 1.165) is 52.6 Å². The van der Waals surface area contributed by atoms with Crippen molar-refractivity contribution in [1.82, 2.24) is 20.6 Å². The first-order chi connectivity index (χ1) is 16.1. The maximum Gasteiger partial charge on any atom is 0.263 e. The number of thiophene rings is 1. The topological polar surface area (TPSA) is 91.4 Å². The summed E-state index contributed by atoms with van der Waals surface area (Å²) in [6, 6.07) is 7.65. The average Bonchev–Trinajstić information content (AvgIpc) is 3.36. The van der Waals surface area contributed by atoms with Crippen LogP contribution in [0.25, 0.3) is 10.3 Å². The summed E-state index contributed by atoms with van der Waals surface area (Å²) >= 11 is 1.37. The number of benzene rings is 1. The maximum atomic E-state index is 13.1. The Kier molecular flexibility index (Phi) is 5.10. The van der Waals surface area contributed by atoms with Crippen LogP contribution in [0.5, 0.6) is 5.75 Å². The monoisotopic (exact) mass is 464 g/mol. The number of fused-ring (bicyclic) bond motifs is 4.